The van der Waals surface area contributed by atoms with Gasteiger partial charge in [0, 0.05) is 24.8 Å². The molecule has 0 amide bonds. The summed E-state index contributed by atoms with van der Waals surface area (Å²) in [5.74, 6) is 2.02. The van der Waals surface area contributed by atoms with Crippen molar-refractivity contribution in [2.75, 3.05) is 6.54 Å². The molecule has 0 saturated heterocycles. The molecule has 1 aliphatic rings. The van der Waals surface area contributed by atoms with E-state index in [1.807, 2.05) is 43.5 Å². The Kier molecular flexibility index (Phi) is 3.82. The van der Waals surface area contributed by atoms with Crippen LogP contribution in [-0.2, 0) is 13.0 Å². The smallest absolute Gasteiger partial charge is 0.247 e. The van der Waals surface area contributed by atoms with Gasteiger partial charge in [-0.3, -0.25) is 4.90 Å². The summed E-state index contributed by atoms with van der Waals surface area (Å²) in [7, 11) is 0. The lowest BCUT2D eigenvalue weighted by Gasteiger charge is -2.31. The van der Waals surface area contributed by atoms with Crippen molar-refractivity contribution in [2.45, 2.75) is 32.9 Å². The van der Waals surface area contributed by atoms with E-state index >= 15 is 0 Å². The number of aromatic nitrogens is 4. The summed E-state index contributed by atoms with van der Waals surface area (Å²) in [6, 6.07) is 9.90. The Morgan fingerprint density at radius 1 is 1.17 bits per heavy atom. The Bertz CT molecular complexity index is 846. The van der Waals surface area contributed by atoms with Crippen molar-refractivity contribution in [3.8, 4) is 11.5 Å². The zero-order valence-electron chi connectivity index (χ0n) is 13.8. The third-order valence-corrected chi connectivity index (χ3v) is 4.46. The van der Waals surface area contributed by atoms with Crippen LogP contribution in [0.3, 0.4) is 0 Å². The maximum Gasteiger partial charge on any atom is 0.247 e. The number of fused-ring (bicyclic) bond motifs is 1. The Balaban J connectivity index is 1.54. The van der Waals surface area contributed by atoms with Crippen molar-refractivity contribution >= 4 is 0 Å². The summed E-state index contributed by atoms with van der Waals surface area (Å²) in [6.07, 6.45) is 2.89. The zero-order valence-corrected chi connectivity index (χ0v) is 13.8. The summed E-state index contributed by atoms with van der Waals surface area (Å²) in [5, 5.41) is 8.44. The van der Waals surface area contributed by atoms with Crippen LogP contribution >= 0.6 is 0 Å². The third-order valence-electron chi connectivity index (χ3n) is 4.46. The molecule has 1 atom stereocenters. The molecule has 6 nitrogen and oxygen atoms in total. The quantitative estimate of drug-likeness (QED) is 0.739. The van der Waals surface area contributed by atoms with Gasteiger partial charge in [-0.1, -0.05) is 18.2 Å². The van der Waals surface area contributed by atoms with Crippen LogP contribution in [0.4, 0.5) is 0 Å². The standard InChI is InChI=1S/C18H19N5O/c1-12(17-21-22-18(24-17)14-6-4-3-5-7-14)23-9-8-15-10-19-13(2)20-16(15)11-23/h3-7,10,12H,8-9,11H2,1-2H3. The lowest BCUT2D eigenvalue weighted by Crippen LogP contribution is -2.34. The summed E-state index contributed by atoms with van der Waals surface area (Å²) >= 11 is 0. The SMILES string of the molecule is Cc1ncc2c(n1)CN(C(C)c1nnc(-c3ccccc3)o1)CC2. The van der Waals surface area contributed by atoms with E-state index in [0.717, 1.165) is 36.6 Å². The molecule has 1 aromatic carbocycles. The normalized spacial score (nSPS) is 15.9. The first-order chi connectivity index (χ1) is 11.7. The van der Waals surface area contributed by atoms with Crippen LogP contribution in [0, 0.1) is 6.92 Å². The van der Waals surface area contributed by atoms with Gasteiger partial charge in [-0.15, -0.1) is 10.2 Å². The maximum absolute atomic E-state index is 5.90. The first-order valence-corrected chi connectivity index (χ1v) is 8.15. The number of hydrogen-bond acceptors (Lipinski definition) is 6. The van der Waals surface area contributed by atoms with Crippen molar-refractivity contribution in [3.63, 3.8) is 0 Å². The molecule has 24 heavy (non-hydrogen) atoms. The largest absolute Gasteiger partial charge is 0.419 e. The predicted octanol–water partition coefficient (Wildman–Crippen LogP) is 2.95. The minimum absolute atomic E-state index is 0.0541. The van der Waals surface area contributed by atoms with Crippen molar-refractivity contribution in [3.05, 3.63) is 59.5 Å². The highest BCUT2D eigenvalue weighted by Crippen LogP contribution is 2.27. The van der Waals surface area contributed by atoms with E-state index in [4.69, 9.17) is 4.42 Å². The summed E-state index contributed by atoms with van der Waals surface area (Å²) < 4.78 is 5.90. The Morgan fingerprint density at radius 2 is 2.00 bits per heavy atom. The van der Waals surface area contributed by atoms with Gasteiger partial charge in [-0.05, 0) is 38.0 Å². The van der Waals surface area contributed by atoms with Gasteiger partial charge < -0.3 is 4.42 Å². The zero-order chi connectivity index (χ0) is 16.5. The average Bonchev–Trinajstić information content (AvgIpc) is 3.11. The lowest BCUT2D eigenvalue weighted by atomic mass is 10.1. The molecule has 2 aromatic heterocycles. The molecule has 3 aromatic rings. The molecule has 1 aliphatic heterocycles. The first-order valence-electron chi connectivity index (χ1n) is 8.15. The number of aryl methyl sites for hydroxylation is 1. The Morgan fingerprint density at radius 3 is 2.83 bits per heavy atom. The van der Waals surface area contributed by atoms with Crippen molar-refractivity contribution < 1.29 is 4.42 Å². The van der Waals surface area contributed by atoms with Crippen molar-refractivity contribution in [2.24, 2.45) is 0 Å². The molecule has 3 heterocycles. The molecule has 0 fully saturated rings. The van der Waals surface area contributed by atoms with Gasteiger partial charge in [0.15, 0.2) is 0 Å². The predicted molar refractivity (Wildman–Crippen MR) is 89.0 cm³/mol. The van der Waals surface area contributed by atoms with Crippen LogP contribution < -0.4 is 0 Å². The van der Waals surface area contributed by atoms with Gasteiger partial charge in [-0.25, -0.2) is 9.97 Å². The minimum Gasteiger partial charge on any atom is -0.419 e. The first kappa shape index (κ1) is 15.0. The van der Waals surface area contributed by atoms with Gasteiger partial charge in [0.25, 0.3) is 0 Å². The monoisotopic (exact) mass is 321 g/mol. The van der Waals surface area contributed by atoms with Crippen molar-refractivity contribution in [1.29, 1.82) is 0 Å². The van der Waals surface area contributed by atoms with Gasteiger partial charge in [0.1, 0.15) is 5.82 Å². The van der Waals surface area contributed by atoms with E-state index in [2.05, 4.69) is 32.0 Å². The summed E-state index contributed by atoms with van der Waals surface area (Å²) in [4.78, 5) is 11.2. The fraction of sp³-hybridized carbons (Fsp3) is 0.333. The second-order valence-corrected chi connectivity index (χ2v) is 6.10. The topological polar surface area (TPSA) is 67.9 Å². The van der Waals surface area contributed by atoms with E-state index in [-0.39, 0.29) is 6.04 Å². The van der Waals surface area contributed by atoms with Crippen LogP contribution in [0.2, 0.25) is 0 Å². The Hall–Kier alpha value is -2.60. The minimum atomic E-state index is 0.0541. The molecular formula is C18H19N5O. The van der Waals surface area contributed by atoms with Crippen LogP contribution in [0.25, 0.3) is 11.5 Å². The molecule has 0 aliphatic carbocycles. The van der Waals surface area contributed by atoms with E-state index in [1.54, 1.807) is 0 Å². The number of benzene rings is 1. The molecule has 0 saturated carbocycles. The molecule has 0 N–H and O–H groups in total. The lowest BCUT2D eigenvalue weighted by molar-refractivity contribution is 0.164. The van der Waals surface area contributed by atoms with Gasteiger partial charge in [0.05, 0.1) is 11.7 Å². The van der Waals surface area contributed by atoms with E-state index in [1.165, 1.54) is 5.56 Å². The molecule has 0 radical (unpaired) electrons. The molecule has 1 unspecified atom stereocenters. The fourth-order valence-electron chi connectivity index (χ4n) is 3.01. The van der Waals surface area contributed by atoms with Crippen LogP contribution in [0.15, 0.2) is 40.9 Å². The highest BCUT2D eigenvalue weighted by Gasteiger charge is 2.26. The van der Waals surface area contributed by atoms with E-state index in [9.17, 15) is 0 Å². The number of nitrogens with zero attached hydrogens (tertiary/aromatic N) is 5. The van der Waals surface area contributed by atoms with E-state index < -0.39 is 0 Å². The third kappa shape index (κ3) is 2.80. The molecular weight excluding hydrogens is 302 g/mol. The molecule has 0 spiro atoms. The maximum atomic E-state index is 5.90. The summed E-state index contributed by atoms with van der Waals surface area (Å²) in [5.41, 5.74) is 3.28. The average molecular weight is 321 g/mol. The van der Waals surface area contributed by atoms with Crippen LogP contribution in [0.1, 0.15) is 35.9 Å². The van der Waals surface area contributed by atoms with Crippen LogP contribution in [0.5, 0.6) is 0 Å². The molecule has 0 bridgehead atoms. The molecule has 4 rings (SSSR count). The summed E-state index contributed by atoms with van der Waals surface area (Å²) in [6.45, 7) is 5.74. The van der Waals surface area contributed by atoms with Gasteiger partial charge >= 0.3 is 0 Å². The second-order valence-electron chi connectivity index (χ2n) is 6.10. The van der Waals surface area contributed by atoms with Gasteiger partial charge in [0.2, 0.25) is 11.8 Å². The highest BCUT2D eigenvalue weighted by molar-refractivity contribution is 5.51. The molecule has 6 heteroatoms. The Labute approximate surface area is 140 Å². The second kappa shape index (κ2) is 6.13. The number of hydrogen-bond donors (Lipinski definition) is 0. The highest BCUT2D eigenvalue weighted by atomic mass is 16.4. The van der Waals surface area contributed by atoms with Gasteiger partial charge in [-0.2, -0.15) is 0 Å². The van der Waals surface area contributed by atoms with Crippen molar-refractivity contribution in [1.82, 2.24) is 25.1 Å². The van der Waals surface area contributed by atoms with E-state index in [0.29, 0.717) is 11.8 Å². The number of rotatable bonds is 3. The van der Waals surface area contributed by atoms with Crippen LogP contribution in [-0.4, -0.2) is 31.6 Å². The fourth-order valence-corrected chi connectivity index (χ4v) is 3.01. The molecule has 122 valence electrons.